The topological polar surface area (TPSA) is 0 Å². The summed E-state index contributed by atoms with van der Waals surface area (Å²) in [6, 6.07) is 0. The first-order valence-corrected chi connectivity index (χ1v) is 30.5. The van der Waals surface area contributed by atoms with E-state index >= 15 is 0 Å². The van der Waals surface area contributed by atoms with Gasteiger partial charge in [-0.2, -0.15) is 0 Å². The number of hydrogen-bond acceptors (Lipinski definition) is 0. The highest BCUT2D eigenvalue weighted by Crippen LogP contribution is 2.63. The van der Waals surface area contributed by atoms with Crippen LogP contribution in [0.3, 0.4) is 0 Å². The van der Waals surface area contributed by atoms with Crippen LogP contribution in [0, 0.1) is 101 Å². The van der Waals surface area contributed by atoms with E-state index in [0.29, 0.717) is 0 Å². The zero-order valence-electron chi connectivity index (χ0n) is 44.9. The normalized spacial score (nSPS) is 38.3. The molecule has 0 aromatic heterocycles. The molecule has 0 spiro atoms. The molecule has 8 saturated carbocycles. The van der Waals surface area contributed by atoms with Gasteiger partial charge in [0.05, 0.1) is 0 Å². The van der Waals surface area contributed by atoms with Crippen LogP contribution in [0.4, 0.5) is 0 Å². The van der Waals surface area contributed by atoms with Crippen LogP contribution in [0.5, 0.6) is 0 Å². The second kappa shape index (κ2) is 30.4. The van der Waals surface area contributed by atoms with Gasteiger partial charge < -0.3 is 0 Å². The van der Waals surface area contributed by atoms with Crippen LogP contribution in [-0.2, 0) is 0 Å². The van der Waals surface area contributed by atoms with Gasteiger partial charge in [0, 0.05) is 0 Å². The molecule has 14 atom stereocenters. The third-order valence-corrected chi connectivity index (χ3v) is 20.2. The minimum atomic E-state index is 0.976. The fourth-order valence-electron chi connectivity index (χ4n) is 17.9. The molecular formula is C62H118. The lowest BCUT2D eigenvalue weighted by atomic mass is 9.45. The minimum Gasteiger partial charge on any atom is -0.0683 e. The molecule has 0 heterocycles. The molecule has 0 radical (unpaired) electrons. The van der Waals surface area contributed by atoms with Gasteiger partial charge >= 0.3 is 0 Å². The van der Waals surface area contributed by atoms with Gasteiger partial charge in [-0.15, -0.1) is 0 Å². The fourth-order valence-corrected chi connectivity index (χ4v) is 17.9. The molecule has 0 amide bonds. The summed E-state index contributed by atoms with van der Waals surface area (Å²) in [5.74, 6) is 18.4. The third kappa shape index (κ3) is 14.5. The van der Waals surface area contributed by atoms with E-state index in [4.69, 9.17) is 0 Å². The fraction of sp³-hybridized carbons (Fsp3) is 1.00. The molecule has 14 unspecified atom stereocenters. The predicted octanol–water partition coefficient (Wildman–Crippen LogP) is 21.0. The summed E-state index contributed by atoms with van der Waals surface area (Å²) in [6.45, 7) is 24.1. The van der Waals surface area contributed by atoms with Crippen molar-refractivity contribution in [2.75, 3.05) is 0 Å². The zero-order valence-corrected chi connectivity index (χ0v) is 44.9. The largest absolute Gasteiger partial charge is 0.0683 e. The molecule has 0 nitrogen and oxygen atoms in total. The van der Waals surface area contributed by atoms with Crippen molar-refractivity contribution < 1.29 is 0 Å². The highest BCUT2D eigenvalue weighted by Gasteiger charge is 2.56. The average molecular weight is 864 g/mol. The van der Waals surface area contributed by atoms with Crippen LogP contribution in [-0.4, -0.2) is 0 Å². The summed E-state index contributed by atoms with van der Waals surface area (Å²) in [5.41, 5.74) is 0. The van der Waals surface area contributed by atoms with Crippen molar-refractivity contribution in [1.82, 2.24) is 0 Å². The van der Waals surface area contributed by atoms with E-state index in [9.17, 15) is 0 Å². The first-order valence-electron chi connectivity index (χ1n) is 30.5. The van der Waals surface area contributed by atoms with Gasteiger partial charge in [-0.25, -0.2) is 0 Å². The SMILES string of the molecule is CC.CC.CC.CCC.CCCCCC1C(C)CCCC(C2CCCCC2)C2CC(CCCC(C)C3CCC4C(C3)C(C3CCCCC3)C3CCCCC3C4C3CCCC3)CC12. The Labute approximate surface area is 393 Å². The third-order valence-electron chi connectivity index (χ3n) is 20.2. The quantitative estimate of drug-likeness (QED) is 0.172. The van der Waals surface area contributed by atoms with Gasteiger partial charge in [0.2, 0.25) is 0 Å². The van der Waals surface area contributed by atoms with E-state index < -0.39 is 0 Å². The lowest BCUT2D eigenvalue weighted by Crippen LogP contribution is -2.54. The second-order valence-corrected chi connectivity index (χ2v) is 23.5. The summed E-state index contributed by atoms with van der Waals surface area (Å²) in [4.78, 5) is 0. The predicted molar refractivity (Wildman–Crippen MR) is 279 cm³/mol. The van der Waals surface area contributed by atoms with E-state index in [-0.39, 0.29) is 0 Å². The molecule has 8 aliphatic carbocycles. The number of fused-ring (bicyclic) bond motifs is 3. The monoisotopic (exact) mass is 863 g/mol. The number of unbranched alkanes of at least 4 members (excludes halogenated alkanes) is 2. The Kier molecular flexibility index (Phi) is 26.8. The molecule has 8 rings (SSSR count). The Bertz CT molecular complexity index is 1070. The molecule has 0 saturated heterocycles. The van der Waals surface area contributed by atoms with Crippen molar-refractivity contribution in [1.29, 1.82) is 0 Å². The van der Waals surface area contributed by atoms with Crippen molar-refractivity contribution in [2.45, 2.75) is 294 Å². The van der Waals surface area contributed by atoms with E-state index in [2.05, 4.69) is 34.6 Å². The first-order chi connectivity index (χ1) is 30.5. The Morgan fingerprint density at radius 2 is 0.887 bits per heavy atom. The van der Waals surface area contributed by atoms with Gasteiger partial charge in [-0.05, 0) is 158 Å². The van der Waals surface area contributed by atoms with Crippen molar-refractivity contribution in [3.63, 3.8) is 0 Å². The molecule has 62 heavy (non-hydrogen) atoms. The standard InChI is InChI=1S/C53H92.C3H8.3C2H6/c1-4-5-8-28-44-38(3)20-18-31-45(40-22-9-6-10-23-40)50-35-39(34-49(44)50)21-17-19-37(2)43-32-33-48-51(36-43)53(42-24-11-7-12-25-42)47-30-16-15-29-46(47)52(48)41-26-13-14-27-41;1-3-2;3*1-2/h37-53H,4-36H2,1-3H3;3H2,1-2H3;3*1-2H3. The highest BCUT2D eigenvalue weighted by molar-refractivity contribution is 5.05. The molecule has 8 aliphatic rings. The van der Waals surface area contributed by atoms with Crippen LogP contribution >= 0.6 is 0 Å². The molecular weight excluding hydrogens is 745 g/mol. The molecule has 8 fully saturated rings. The average Bonchev–Trinajstić information content (AvgIpc) is 4.01. The lowest BCUT2D eigenvalue weighted by molar-refractivity contribution is -0.118. The van der Waals surface area contributed by atoms with Gasteiger partial charge in [-0.3, -0.25) is 0 Å². The van der Waals surface area contributed by atoms with E-state index in [0.717, 1.165) is 101 Å². The van der Waals surface area contributed by atoms with Gasteiger partial charge in [0.15, 0.2) is 0 Å². The van der Waals surface area contributed by atoms with Gasteiger partial charge in [0.1, 0.15) is 0 Å². The van der Waals surface area contributed by atoms with Crippen molar-refractivity contribution in [2.24, 2.45) is 101 Å². The number of rotatable bonds is 12. The van der Waals surface area contributed by atoms with Crippen LogP contribution < -0.4 is 0 Å². The Morgan fingerprint density at radius 3 is 1.47 bits per heavy atom. The Balaban J connectivity index is 0.000000878. The van der Waals surface area contributed by atoms with E-state index in [1.165, 1.54) is 38.5 Å². The smallest absolute Gasteiger partial charge is 0.0323 e. The van der Waals surface area contributed by atoms with Crippen molar-refractivity contribution in [3.8, 4) is 0 Å². The second-order valence-electron chi connectivity index (χ2n) is 23.5. The van der Waals surface area contributed by atoms with Crippen LogP contribution in [0.25, 0.3) is 0 Å². The summed E-state index contributed by atoms with van der Waals surface area (Å²) in [6.07, 6.45) is 53.1. The van der Waals surface area contributed by atoms with Crippen LogP contribution in [0.1, 0.15) is 294 Å². The molecule has 0 N–H and O–H groups in total. The maximum Gasteiger partial charge on any atom is -0.0323 e. The molecule has 0 heteroatoms. The Morgan fingerprint density at radius 1 is 0.403 bits per heavy atom. The zero-order chi connectivity index (χ0) is 44.9. The van der Waals surface area contributed by atoms with Crippen molar-refractivity contribution in [3.05, 3.63) is 0 Å². The van der Waals surface area contributed by atoms with Crippen LogP contribution in [0.15, 0.2) is 0 Å². The van der Waals surface area contributed by atoms with Gasteiger partial charge in [-0.1, -0.05) is 237 Å². The highest BCUT2D eigenvalue weighted by atomic mass is 14.6. The molecule has 0 aromatic carbocycles. The molecule has 0 aliphatic heterocycles. The maximum atomic E-state index is 2.77. The summed E-state index contributed by atoms with van der Waals surface area (Å²) < 4.78 is 0. The first kappa shape index (κ1) is 54.6. The van der Waals surface area contributed by atoms with Gasteiger partial charge in [0.25, 0.3) is 0 Å². The molecule has 0 bridgehead atoms. The minimum absolute atomic E-state index is 0.976. The Hall–Kier alpha value is 0. The van der Waals surface area contributed by atoms with Crippen LogP contribution in [0.2, 0.25) is 0 Å². The molecule has 366 valence electrons. The lowest BCUT2D eigenvalue weighted by Gasteiger charge is -2.60. The number of hydrogen-bond donors (Lipinski definition) is 0. The van der Waals surface area contributed by atoms with E-state index in [1.54, 1.807) is 180 Å². The summed E-state index contributed by atoms with van der Waals surface area (Å²) in [5, 5.41) is 0. The summed E-state index contributed by atoms with van der Waals surface area (Å²) in [7, 11) is 0. The van der Waals surface area contributed by atoms with Crippen molar-refractivity contribution >= 4 is 0 Å². The van der Waals surface area contributed by atoms with E-state index in [1.807, 2.05) is 41.5 Å². The molecule has 0 aromatic rings. The summed E-state index contributed by atoms with van der Waals surface area (Å²) >= 11 is 0. The maximum absolute atomic E-state index is 2.77.